The highest BCUT2D eigenvalue weighted by molar-refractivity contribution is 7.90. The van der Waals surface area contributed by atoms with E-state index >= 15 is 0 Å². The molecule has 1 aliphatic rings. The Balaban J connectivity index is 2.53. The van der Waals surface area contributed by atoms with Gasteiger partial charge in [0, 0.05) is 12.3 Å². The van der Waals surface area contributed by atoms with Gasteiger partial charge in [0.25, 0.3) is 0 Å². The Bertz CT molecular complexity index is 479. The lowest BCUT2D eigenvalue weighted by Gasteiger charge is -2.24. The molecule has 0 saturated carbocycles. The topological polar surface area (TPSA) is 46.2 Å². The molecule has 2 rings (SSSR count). The molecule has 1 N–H and O–H groups in total. The van der Waals surface area contributed by atoms with Crippen molar-refractivity contribution in [2.45, 2.75) is 24.3 Å². The first kappa shape index (κ1) is 10.6. The van der Waals surface area contributed by atoms with Crippen LogP contribution in [-0.2, 0) is 16.3 Å². The van der Waals surface area contributed by atoms with Crippen molar-refractivity contribution in [1.82, 2.24) is 5.32 Å². The van der Waals surface area contributed by atoms with E-state index in [1.807, 2.05) is 6.07 Å². The number of hydrogen-bond acceptors (Lipinski definition) is 3. The number of nitrogens with one attached hydrogen (secondary N) is 1. The summed E-state index contributed by atoms with van der Waals surface area (Å²) in [6, 6.07) is 5.67. The van der Waals surface area contributed by atoms with Crippen LogP contribution >= 0.6 is 0 Å². The third-order valence-electron chi connectivity index (χ3n) is 2.86. The van der Waals surface area contributed by atoms with Gasteiger partial charge in [0.05, 0.1) is 4.90 Å². The Morgan fingerprint density at radius 2 is 2.13 bits per heavy atom. The summed E-state index contributed by atoms with van der Waals surface area (Å²) in [5, 5.41) is 3.32. The Kier molecular flexibility index (Phi) is 2.56. The molecule has 1 unspecified atom stereocenters. The SMILES string of the molecule is CC1NCCc2ccc(S(C)(=O)=O)cc21. The van der Waals surface area contributed by atoms with E-state index in [0.29, 0.717) is 4.90 Å². The summed E-state index contributed by atoms with van der Waals surface area (Å²) in [5.74, 6) is 0. The Morgan fingerprint density at radius 3 is 2.80 bits per heavy atom. The van der Waals surface area contributed by atoms with Gasteiger partial charge in [-0.15, -0.1) is 0 Å². The molecule has 0 amide bonds. The Labute approximate surface area is 90.4 Å². The summed E-state index contributed by atoms with van der Waals surface area (Å²) in [4.78, 5) is 0.414. The van der Waals surface area contributed by atoms with Crippen molar-refractivity contribution in [1.29, 1.82) is 0 Å². The van der Waals surface area contributed by atoms with Gasteiger partial charge < -0.3 is 5.32 Å². The normalized spacial score (nSPS) is 21.1. The zero-order valence-electron chi connectivity index (χ0n) is 8.95. The second kappa shape index (κ2) is 3.61. The van der Waals surface area contributed by atoms with E-state index in [0.717, 1.165) is 18.5 Å². The highest BCUT2D eigenvalue weighted by atomic mass is 32.2. The van der Waals surface area contributed by atoms with Crippen LogP contribution in [0.25, 0.3) is 0 Å². The lowest BCUT2D eigenvalue weighted by Crippen LogP contribution is -2.27. The van der Waals surface area contributed by atoms with Gasteiger partial charge in [0.1, 0.15) is 0 Å². The second-order valence-corrected chi connectivity index (χ2v) is 6.07. The van der Waals surface area contributed by atoms with Crippen molar-refractivity contribution in [3.8, 4) is 0 Å². The van der Waals surface area contributed by atoms with Gasteiger partial charge in [-0.2, -0.15) is 0 Å². The van der Waals surface area contributed by atoms with Gasteiger partial charge in [0.15, 0.2) is 9.84 Å². The second-order valence-electron chi connectivity index (χ2n) is 4.06. The van der Waals surface area contributed by atoms with E-state index in [1.165, 1.54) is 11.8 Å². The van der Waals surface area contributed by atoms with Gasteiger partial charge in [-0.3, -0.25) is 0 Å². The summed E-state index contributed by atoms with van der Waals surface area (Å²) < 4.78 is 22.8. The molecular weight excluding hydrogens is 210 g/mol. The molecule has 0 spiro atoms. The van der Waals surface area contributed by atoms with E-state index in [9.17, 15) is 8.42 Å². The van der Waals surface area contributed by atoms with Crippen LogP contribution in [0.5, 0.6) is 0 Å². The van der Waals surface area contributed by atoms with Crippen molar-refractivity contribution >= 4 is 9.84 Å². The Morgan fingerprint density at radius 1 is 1.40 bits per heavy atom. The molecule has 1 heterocycles. The molecular formula is C11H15NO2S. The number of rotatable bonds is 1. The predicted octanol–water partition coefficient (Wildman–Crippen LogP) is 1.30. The van der Waals surface area contributed by atoms with E-state index in [2.05, 4.69) is 12.2 Å². The van der Waals surface area contributed by atoms with E-state index in [1.54, 1.807) is 12.1 Å². The number of benzene rings is 1. The smallest absolute Gasteiger partial charge is 0.175 e. The number of fused-ring (bicyclic) bond motifs is 1. The number of sulfone groups is 1. The quantitative estimate of drug-likeness (QED) is 0.783. The fourth-order valence-corrected chi connectivity index (χ4v) is 2.62. The largest absolute Gasteiger partial charge is 0.310 e. The van der Waals surface area contributed by atoms with Crippen LogP contribution in [0.4, 0.5) is 0 Å². The van der Waals surface area contributed by atoms with Crippen LogP contribution in [0.15, 0.2) is 23.1 Å². The molecule has 82 valence electrons. The maximum atomic E-state index is 11.4. The first-order valence-corrected chi connectivity index (χ1v) is 6.94. The molecule has 15 heavy (non-hydrogen) atoms. The van der Waals surface area contributed by atoms with Crippen LogP contribution < -0.4 is 5.32 Å². The fourth-order valence-electron chi connectivity index (χ4n) is 1.97. The zero-order valence-corrected chi connectivity index (χ0v) is 9.76. The van der Waals surface area contributed by atoms with E-state index < -0.39 is 9.84 Å². The van der Waals surface area contributed by atoms with Crippen LogP contribution in [0, 0.1) is 0 Å². The average molecular weight is 225 g/mol. The summed E-state index contributed by atoms with van der Waals surface area (Å²) in [5.41, 5.74) is 2.37. The molecule has 0 fully saturated rings. The highest BCUT2D eigenvalue weighted by Crippen LogP contribution is 2.25. The molecule has 0 radical (unpaired) electrons. The van der Waals surface area contributed by atoms with Gasteiger partial charge in [-0.25, -0.2) is 8.42 Å². The number of hydrogen-bond donors (Lipinski definition) is 1. The summed E-state index contributed by atoms with van der Waals surface area (Å²) in [7, 11) is -3.09. The maximum absolute atomic E-state index is 11.4. The van der Waals surface area contributed by atoms with Crippen molar-refractivity contribution in [2.24, 2.45) is 0 Å². The van der Waals surface area contributed by atoms with Gasteiger partial charge in [0.2, 0.25) is 0 Å². The van der Waals surface area contributed by atoms with Crippen LogP contribution in [0.2, 0.25) is 0 Å². The lowest BCUT2D eigenvalue weighted by molar-refractivity contribution is 0.539. The van der Waals surface area contributed by atoms with E-state index in [4.69, 9.17) is 0 Å². The predicted molar refractivity (Wildman–Crippen MR) is 59.7 cm³/mol. The molecule has 0 saturated heterocycles. The molecule has 1 aromatic carbocycles. The first-order valence-electron chi connectivity index (χ1n) is 5.05. The molecule has 0 bridgehead atoms. The zero-order chi connectivity index (χ0) is 11.1. The van der Waals surface area contributed by atoms with Gasteiger partial charge in [-0.1, -0.05) is 6.07 Å². The molecule has 0 aromatic heterocycles. The van der Waals surface area contributed by atoms with Crippen LogP contribution in [0.1, 0.15) is 24.1 Å². The Hall–Kier alpha value is -0.870. The summed E-state index contributed by atoms with van der Waals surface area (Å²) >= 11 is 0. The van der Waals surface area contributed by atoms with E-state index in [-0.39, 0.29) is 6.04 Å². The first-order chi connectivity index (χ1) is 6.98. The minimum atomic E-state index is -3.09. The third-order valence-corrected chi connectivity index (χ3v) is 3.97. The fraction of sp³-hybridized carbons (Fsp3) is 0.455. The van der Waals surface area contributed by atoms with Gasteiger partial charge in [-0.05, 0) is 43.1 Å². The monoisotopic (exact) mass is 225 g/mol. The van der Waals surface area contributed by atoms with Crippen molar-refractivity contribution < 1.29 is 8.42 Å². The minimum Gasteiger partial charge on any atom is -0.310 e. The van der Waals surface area contributed by atoms with Crippen molar-refractivity contribution in [3.63, 3.8) is 0 Å². The summed E-state index contributed by atoms with van der Waals surface area (Å²) in [6.45, 7) is 3.02. The molecule has 0 aliphatic carbocycles. The van der Waals surface area contributed by atoms with Crippen LogP contribution in [0.3, 0.4) is 0 Å². The third kappa shape index (κ3) is 2.06. The minimum absolute atomic E-state index is 0.246. The van der Waals surface area contributed by atoms with Crippen molar-refractivity contribution in [2.75, 3.05) is 12.8 Å². The lowest BCUT2D eigenvalue weighted by atomic mass is 9.96. The van der Waals surface area contributed by atoms with Crippen LogP contribution in [-0.4, -0.2) is 21.2 Å². The molecule has 1 atom stereocenters. The summed E-state index contributed by atoms with van der Waals surface area (Å²) in [6.07, 6.45) is 2.22. The molecule has 3 nitrogen and oxygen atoms in total. The standard InChI is InChI=1S/C11H15NO2S/c1-8-11-7-10(15(2,13)14)4-3-9(11)5-6-12-8/h3-4,7-8,12H,5-6H2,1-2H3. The molecule has 1 aromatic rings. The highest BCUT2D eigenvalue weighted by Gasteiger charge is 2.18. The van der Waals surface area contributed by atoms with Crippen molar-refractivity contribution in [3.05, 3.63) is 29.3 Å². The molecule has 4 heteroatoms. The van der Waals surface area contributed by atoms with Gasteiger partial charge >= 0.3 is 0 Å². The molecule has 1 aliphatic heterocycles. The maximum Gasteiger partial charge on any atom is 0.175 e. The average Bonchev–Trinajstić information content (AvgIpc) is 2.16.